The van der Waals surface area contributed by atoms with E-state index in [0.29, 0.717) is 11.2 Å². The van der Waals surface area contributed by atoms with Crippen LogP contribution < -0.4 is 0 Å². The van der Waals surface area contributed by atoms with Crippen LogP contribution in [-0.4, -0.2) is 28.7 Å². The Morgan fingerprint density at radius 1 is 1.40 bits per heavy atom. The zero-order valence-electron chi connectivity index (χ0n) is 8.53. The third kappa shape index (κ3) is 2.81. The largest absolute Gasteiger partial charge is 0.341 e. The number of halogens is 1. The van der Waals surface area contributed by atoms with Gasteiger partial charge in [-0.1, -0.05) is 46.3 Å². The quantitative estimate of drug-likeness (QED) is 0.753. The van der Waals surface area contributed by atoms with Gasteiger partial charge in [0.25, 0.3) is 0 Å². The maximum absolute atomic E-state index is 11.9. The van der Waals surface area contributed by atoms with E-state index in [4.69, 9.17) is 0 Å². The predicted octanol–water partition coefficient (Wildman–Crippen LogP) is 2.22. The molecular formula is C12H14BrNO. The first-order valence-corrected chi connectivity index (χ1v) is 6.13. The molecule has 1 aliphatic heterocycles. The number of carbonyl (C=O) groups excluding carboxylic acids is 1. The molecule has 2 rings (SSSR count). The zero-order chi connectivity index (χ0) is 10.7. The number of rotatable bonds is 2. The summed E-state index contributed by atoms with van der Waals surface area (Å²) < 4.78 is 0. The van der Waals surface area contributed by atoms with Gasteiger partial charge in [0.1, 0.15) is 0 Å². The number of likely N-dealkylation sites (tertiary alicyclic amines) is 1. The molecule has 2 nitrogen and oxygen atoms in total. The normalized spacial score (nSPS) is 20.6. The summed E-state index contributed by atoms with van der Waals surface area (Å²) >= 11 is 3.54. The fourth-order valence-corrected chi connectivity index (χ4v) is 2.38. The van der Waals surface area contributed by atoms with Gasteiger partial charge < -0.3 is 4.90 Å². The van der Waals surface area contributed by atoms with E-state index in [1.54, 1.807) is 0 Å². The Hall–Kier alpha value is -0.830. The van der Waals surface area contributed by atoms with Crippen molar-refractivity contribution in [1.29, 1.82) is 0 Å². The maximum atomic E-state index is 11.9. The summed E-state index contributed by atoms with van der Waals surface area (Å²) in [6.45, 7) is 1.74. The van der Waals surface area contributed by atoms with Crippen LogP contribution in [0.4, 0.5) is 0 Å². The number of alkyl halides is 1. The summed E-state index contributed by atoms with van der Waals surface area (Å²) in [6.07, 6.45) is 1.60. The van der Waals surface area contributed by atoms with Crippen molar-refractivity contribution in [2.75, 3.05) is 13.1 Å². The monoisotopic (exact) mass is 267 g/mol. The molecule has 1 unspecified atom stereocenters. The maximum Gasteiger partial charge on any atom is 0.227 e. The van der Waals surface area contributed by atoms with E-state index in [-0.39, 0.29) is 5.91 Å². The van der Waals surface area contributed by atoms with Crippen molar-refractivity contribution in [2.24, 2.45) is 0 Å². The highest BCUT2D eigenvalue weighted by atomic mass is 79.9. The molecule has 0 aliphatic carbocycles. The van der Waals surface area contributed by atoms with E-state index in [1.807, 2.05) is 35.2 Å². The van der Waals surface area contributed by atoms with Crippen molar-refractivity contribution in [1.82, 2.24) is 4.90 Å². The van der Waals surface area contributed by atoms with Gasteiger partial charge in [0.05, 0.1) is 6.42 Å². The summed E-state index contributed by atoms with van der Waals surface area (Å²) in [4.78, 5) is 14.3. The molecule has 0 saturated carbocycles. The third-order valence-corrected chi connectivity index (χ3v) is 3.43. The molecule has 15 heavy (non-hydrogen) atoms. The molecule has 0 N–H and O–H groups in total. The minimum Gasteiger partial charge on any atom is -0.341 e. The first-order chi connectivity index (χ1) is 7.25. The minimum absolute atomic E-state index is 0.239. The number of hydrogen-bond donors (Lipinski definition) is 0. The summed E-state index contributed by atoms with van der Waals surface area (Å²) in [6, 6.07) is 9.91. The Morgan fingerprint density at radius 2 is 2.13 bits per heavy atom. The average molecular weight is 268 g/mol. The fourth-order valence-electron chi connectivity index (χ4n) is 1.83. The summed E-state index contributed by atoms with van der Waals surface area (Å²) in [5, 5.41) is 0. The highest BCUT2D eigenvalue weighted by Gasteiger charge is 2.23. The molecule has 1 amide bonds. The van der Waals surface area contributed by atoms with E-state index in [2.05, 4.69) is 15.9 Å². The molecule has 1 atom stereocenters. The lowest BCUT2D eigenvalue weighted by atomic mass is 10.1. The van der Waals surface area contributed by atoms with Crippen molar-refractivity contribution in [3.8, 4) is 0 Å². The molecule has 1 aliphatic rings. The Kier molecular flexibility index (Phi) is 3.41. The van der Waals surface area contributed by atoms with E-state index in [1.165, 1.54) is 0 Å². The second kappa shape index (κ2) is 4.79. The second-order valence-electron chi connectivity index (χ2n) is 3.89. The highest BCUT2D eigenvalue weighted by Crippen LogP contribution is 2.17. The summed E-state index contributed by atoms with van der Waals surface area (Å²) in [5.41, 5.74) is 1.10. The van der Waals surface area contributed by atoms with Crippen molar-refractivity contribution < 1.29 is 4.79 Å². The number of carbonyl (C=O) groups is 1. The Labute approximate surface area is 98.4 Å². The molecule has 0 aromatic heterocycles. The lowest BCUT2D eigenvalue weighted by Crippen LogP contribution is -2.30. The Morgan fingerprint density at radius 3 is 2.73 bits per heavy atom. The van der Waals surface area contributed by atoms with Gasteiger partial charge in [0.15, 0.2) is 0 Å². The molecule has 3 heteroatoms. The van der Waals surface area contributed by atoms with Crippen molar-refractivity contribution in [3.05, 3.63) is 35.9 Å². The first-order valence-electron chi connectivity index (χ1n) is 5.21. The molecule has 0 radical (unpaired) electrons. The molecule has 1 aromatic carbocycles. The van der Waals surface area contributed by atoms with Crippen molar-refractivity contribution >= 4 is 21.8 Å². The lowest BCUT2D eigenvalue weighted by molar-refractivity contribution is -0.129. The molecular weight excluding hydrogens is 254 g/mol. The van der Waals surface area contributed by atoms with Crippen LogP contribution in [0.25, 0.3) is 0 Å². The number of benzene rings is 1. The van der Waals surface area contributed by atoms with Crippen LogP contribution in [0, 0.1) is 0 Å². The first kappa shape index (κ1) is 10.7. The van der Waals surface area contributed by atoms with E-state index < -0.39 is 0 Å². The standard InChI is InChI=1S/C12H14BrNO/c13-11-6-7-14(9-11)12(15)8-10-4-2-1-3-5-10/h1-5,11H,6-9H2. The number of amides is 1. The summed E-state index contributed by atoms with van der Waals surface area (Å²) in [7, 11) is 0. The predicted molar refractivity (Wildman–Crippen MR) is 64.1 cm³/mol. The number of nitrogens with zero attached hydrogens (tertiary/aromatic N) is 1. The van der Waals surface area contributed by atoms with Crippen LogP contribution >= 0.6 is 15.9 Å². The smallest absolute Gasteiger partial charge is 0.227 e. The van der Waals surface area contributed by atoms with Gasteiger partial charge in [-0.3, -0.25) is 4.79 Å². The molecule has 1 saturated heterocycles. The van der Waals surface area contributed by atoms with E-state index >= 15 is 0 Å². The van der Waals surface area contributed by atoms with Gasteiger partial charge in [-0.05, 0) is 12.0 Å². The zero-order valence-corrected chi connectivity index (χ0v) is 10.1. The van der Waals surface area contributed by atoms with Crippen LogP contribution in [0.1, 0.15) is 12.0 Å². The topological polar surface area (TPSA) is 20.3 Å². The highest BCUT2D eigenvalue weighted by molar-refractivity contribution is 9.09. The third-order valence-electron chi connectivity index (χ3n) is 2.68. The SMILES string of the molecule is O=C(Cc1ccccc1)N1CCC(Br)C1. The van der Waals surface area contributed by atoms with Gasteiger partial charge >= 0.3 is 0 Å². The van der Waals surface area contributed by atoms with Crippen LogP contribution in [-0.2, 0) is 11.2 Å². The fraction of sp³-hybridized carbons (Fsp3) is 0.417. The van der Waals surface area contributed by atoms with Gasteiger partial charge in [-0.25, -0.2) is 0 Å². The Bertz CT molecular complexity index is 339. The number of hydrogen-bond acceptors (Lipinski definition) is 1. The van der Waals surface area contributed by atoms with Crippen molar-refractivity contribution in [3.63, 3.8) is 0 Å². The van der Waals surface area contributed by atoms with Crippen LogP contribution in [0.2, 0.25) is 0 Å². The van der Waals surface area contributed by atoms with Crippen LogP contribution in [0.3, 0.4) is 0 Å². The molecule has 0 bridgehead atoms. The van der Waals surface area contributed by atoms with Crippen LogP contribution in [0.5, 0.6) is 0 Å². The lowest BCUT2D eigenvalue weighted by Gasteiger charge is -2.15. The van der Waals surface area contributed by atoms with E-state index in [0.717, 1.165) is 25.1 Å². The molecule has 0 spiro atoms. The molecule has 1 heterocycles. The molecule has 1 aromatic rings. The molecule has 80 valence electrons. The van der Waals surface area contributed by atoms with Crippen LogP contribution in [0.15, 0.2) is 30.3 Å². The van der Waals surface area contributed by atoms with Gasteiger partial charge in [0.2, 0.25) is 5.91 Å². The van der Waals surface area contributed by atoms with Gasteiger partial charge in [-0.2, -0.15) is 0 Å². The minimum atomic E-state index is 0.239. The van der Waals surface area contributed by atoms with E-state index in [9.17, 15) is 4.79 Å². The Balaban J connectivity index is 1.93. The van der Waals surface area contributed by atoms with Gasteiger partial charge in [-0.15, -0.1) is 0 Å². The van der Waals surface area contributed by atoms with Crippen molar-refractivity contribution in [2.45, 2.75) is 17.7 Å². The second-order valence-corrected chi connectivity index (χ2v) is 5.18. The van der Waals surface area contributed by atoms with Gasteiger partial charge in [0, 0.05) is 17.9 Å². The summed E-state index contributed by atoms with van der Waals surface area (Å²) in [5.74, 6) is 0.239. The molecule has 1 fully saturated rings. The average Bonchev–Trinajstić information content (AvgIpc) is 2.66.